The van der Waals surface area contributed by atoms with Crippen LogP contribution in [0.3, 0.4) is 0 Å². The van der Waals surface area contributed by atoms with Crippen LogP contribution in [-0.4, -0.2) is 55.1 Å². The molecular weight excluding hydrogens is 360 g/mol. The van der Waals surface area contributed by atoms with Crippen LogP contribution in [0.15, 0.2) is 60.7 Å². The van der Waals surface area contributed by atoms with Crippen molar-refractivity contribution in [3.63, 3.8) is 0 Å². The fourth-order valence-electron chi connectivity index (χ4n) is 5.14. The average Bonchev–Trinajstić information content (AvgIpc) is 3.13. The molecule has 2 fully saturated rings. The van der Waals surface area contributed by atoms with Gasteiger partial charge in [-0.05, 0) is 36.4 Å². The zero-order chi connectivity index (χ0) is 20.1. The Morgan fingerprint density at radius 2 is 1.55 bits per heavy atom. The van der Waals surface area contributed by atoms with Gasteiger partial charge in [-0.2, -0.15) is 0 Å². The molecule has 0 bridgehead atoms. The number of hydrogen-bond acceptors (Lipinski definition) is 3. The summed E-state index contributed by atoms with van der Waals surface area (Å²) in [6, 6.07) is 21.2. The lowest BCUT2D eigenvalue weighted by Gasteiger charge is -2.43. The number of carbonyl (C=O) groups is 1. The van der Waals surface area contributed by atoms with Crippen LogP contribution in [0.25, 0.3) is 0 Å². The largest absolute Gasteiger partial charge is 0.379 e. The van der Waals surface area contributed by atoms with Crippen LogP contribution in [0.1, 0.15) is 37.3 Å². The number of morpholine rings is 1. The number of hydrogen-bond donors (Lipinski definition) is 0. The Morgan fingerprint density at radius 1 is 0.966 bits per heavy atom. The highest BCUT2D eigenvalue weighted by Crippen LogP contribution is 2.48. The lowest BCUT2D eigenvalue weighted by atomic mass is 9.74. The summed E-state index contributed by atoms with van der Waals surface area (Å²) in [5, 5.41) is 0. The van der Waals surface area contributed by atoms with E-state index in [0.717, 1.165) is 52.2 Å². The van der Waals surface area contributed by atoms with Crippen molar-refractivity contribution in [2.75, 3.05) is 39.4 Å². The van der Waals surface area contributed by atoms with E-state index < -0.39 is 0 Å². The van der Waals surface area contributed by atoms with E-state index in [-0.39, 0.29) is 11.4 Å². The molecule has 0 saturated carbocycles. The van der Waals surface area contributed by atoms with Crippen LogP contribution in [0.2, 0.25) is 0 Å². The van der Waals surface area contributed by atoms with Gasteiger partial charge >= 0.3 is 0 Å². The van der Waals surface area contributed by atoms with Gasteiger partial charge in [-0.25, -0.2) is 0 Å². The molecule has 0 aromatic heterocycles. The van der Waals surface area contributed by atoms with E-state index >= 15 is 0 Å². The summed E-state index contributed by atoms with van der Waals surface area (Å²) in [5.74, 6) is 0.644. The lowest BCUT2D eigenvalue weighted by Crippen LogP contribution is -2.48. The zero-order valence-electron chi connectivity index (χ0n) is 17.4. The maximum Gasteiger partial charge on any atom is 0.223 e. The van der Waals surface area contributed by atoms with Crippen LogP contribution >= 0.6 is 0 Å². The first-order chi connectivity index (χ1) is 14.2. The summed E-state index contributed by atoms with van der Waals surface area (Å²) in [4.78, 5) is 18.1. The minimum atomic E-state index is -0.376. The van der Waals surface area contributed by atoms with Gasteiger partial charge in [0.05, 0.1) is 18.8 Å². The van der Waals surface area contributed by atoms with Crippen LogP contribution in [0.5, 0.6) is 0 Å². The van der Waals surface area contributed by atoms with E-state index in [4.69, 9.17) is 4.74 Å². The van der Waals surface area contributed by atoms with E-state index in [0.29, 0.717) is 12.3 Å². The maximum absolute atomic E-state index is 13.5. The SMILES string of the molecule is CC1CCN(C(=O)CCCN2CCOCC2)C1(c1ccccc1)c1ccccc1. The van der Waals surface area contributed by atoms with Gasteiger partial charge in [0.1, 0.15) is 0 Å². The maximum atomic E-state index is 13.5. The van der Waals surface area contributed by atoms with Crippen molar-refractivity contribution in [3.8, 4) is 0 Å². The van der Waals surface area contributed by atoms with Crippen molar-refractivity contribution in [2.24, 2.45) is 5.92 Å². The monoisotopic (exact) mass is 392 g/mol. The van der Waals surface area contributed by atoms with Gasteiger partial charge in [0.25, 0.3) is 0 Å². The van der Waals surface area contributed by atoms with E-state index in [1.165, 1.54) is 11.1 Å². The fourth-order valence-corrected chi connectivity index (χ4v) is 5.14. The lowest BCUT2D eigenvalue weighted by molar-refractivity contribution is -0.135. The Labute approximate surface area is 174 Å². The second-order valence-electron chi connectivity index (χ2n) is 8.29. The molecular formula is C25H32N2O2. The number of benzene rings is 2. The minimum absolute atomic E-state index is 0.273. The van der Waals surface area contributed by atoms with Crippen LogP contribution in [-0.2, 0) is 15.1 Å². The third kappa shape index (κ3) is 3.96. The number of rotatable bonds is 6. The van der Waals surface area contributed by atoms with Crippen LogP contribution in [0.4, 0.5) is 0 Å². The summed E-state index contributed by atoms with van der Waals surface area (Å²) in [7, 11) is 0. The average molecular weight is 393 g/mol. The summed E-state index contributed by atoms with van der Waals surface area (Å²) in [6.07, 6.45) is 2.54. The number of amides is 1. The van der Waals surface area contributed by atoms with Gasteiger partial charge in [-0.1, -0.05) is 67.6 Å². The van der Waals surface area contributed by atoms with Gasteiger partial charge in [0.15, 0.2) is 0 Å². The molecule has 2 aliphatic rings. The predicted octanol–water partition coefficient (Wildman–Crippen LogP) is 3.91. The number of likely N-dealkylation sites (tertiary alicyclic amines) is 1. The molecule has 2 heterocycles. The van der Waals surface area contributed by atoms with Gasteiger partial charge in [-0.3, -0.25) is 9.69 Å². The second kappa shape index (κ2) is 9.10. The highest BCUT2D eigenvalue weighted by atomic mass is 16.5. The molecule has 29 heavy (non-hydrogen) atoms. The molecule has 2 saturated heterocycles. The molecule has 1 atom stereocenters. The molecule has 1 unspecified atom stereocenters. The summed E-state index contributed by atoms with van der Waals surface area (Å²) >= 11 is 0. The highest BCUT2D eigenvalue weighted by Gasteiger charge is 2.50. The Morgan fingerprint density at radius 3 is 2.14 bits per heavy atom. The molecule has 0 aliphatic carbocycles. The van der Waals surface area contributed by atoms with E-state index in [9.17, 15) is 4.79 Å². The number of ether oxygens (including phenoxy) is 1. The van der Waals surface area contributed by atoms with Crippen molar-refractivity contribution in [3.05, 3.63) is 71.8 Å². The Balaban J connectivity index is 1.58. The molecule has 0 N–H and O–H groups in total. The van der Waals surface area contributed by atoms with E-state index in [1.54, 1.807) is 0 Å². The normalized spacial score (nSPS) is 22.0. The van der Waals surface area contributed by atoms with Crippen molar-refractivity contribution < 1.29 is 9.53 Å². The van der Waals surface area contributed by atoms with Crippen molar-refractivity contribution in [1.29, 1.82) is 0 Å². The fraction of sp³-hybridized carbons (Fsp3) is 0.480. The van der Waals surface area contributed by atoms with Crippen LogP contribution in [0, 0.1) is 5.92 Å². The third-order valence-electron chi connectivity index (χ3n) is 6.62. The predicted molar refractivity (Wildman–Crippen MR) is 116 cm³/mol. The van der Waals surface area contributed by atoms with Gasteiger partial charge in [0, 0.05) is 26.1 Å². The summed E-state index contributed by atoms with van der Waals surface area (Å²) < 4.78 is 5.43. The molecule has 4 heteroatoms. The first-order valence-electron chi connectivity index (χ1n) is 10.9. The molecule has 2 aromatic rings. The smallest absolute Gasteiger partial charge is 0.223 e. The zero-order valence-corrected chi connectivity index (χ0v) is 17.4. The topological polar surface area (TPSA) is 32.8 Å². The first-order valence-corrected chi connectivity index (χ1v) is 10.9. The Kier molecular flexibility index (Phi) is 6.31. The second-order valence-corrected chi connectivity index (χ2v) is 8.29. The van der Waals surface area contributed by atoms with Crippen molar-refractivity contribution in [1.82, 2.24) is 9.80 Å². The molecule has 4 rings (SSSR count). The summed E-state index contributed by atoms with van der Waals surface area (Å²) in [5.41, 5.74) is 2.06. The van der Waals surface area contributed by atoms with E-state index in [2.05, 4.69) is 77.4 Å². The number of carbonyl (C=O) groups excluding carboxylic acids is 1. The number of nitrogens with zero attached hydrogens (tertiary/aromatic N) is 2. The van der Waals surface area contributed by atoms with Crippen molar-refractivity contribution >= 4 is 5.91 Å². The van der Waals surface area contributed by atoms with E-state index in [1.807, 2.05) is 0 Å². The quantitative estimate of drug-likeness (QED) is 0.747. The minimum Gasteiger partial charge on any atom is -0.379 e. The third-order valence-corrected chi connectivity index (χ3v) is 6.62. The molecule has 2 aromatic carbocycles. The Bertz CT molecular complexity index is 747. The van der Waals surface area contributed by atoms with Gasteiger partial charge in [0.2, 0.25) is 5.91 Å². The van der Waals surface area contributed by atoms with Crippen LogP contribution < -0.4 is 0 Å². The van der Waals surface area contributed by atoms with Crippen molar-refractivity contribution in [2.45, 2.75) is 31.7 Å². The Hall–Kier alpha value is -2.17. The first kappa shape index (κ1) is 20.1. The summed E-state index contributed by atoms with van der Waals surface area (Å²) in [6.45, 7) is 7.66. The molecule has 0 radical (unpaired) electrons. The molecule has 4 nitrogen and oxygen atoms in total. The van der Waals surface area contributed by atoms with Gasteiger partial charge < -0.3 is 9.64 Å². The standard InChI is InChI=1S/C25H32N2O2/c1-21-14-16-27(24(28)13-8-15-26-17-19-29-20-18-26)25(21,22-9-4-2-5-10-22)23-11-6-3-7-12-23/h2-7,9-12,21H,8,13-20H2,1H3. The highest BCUT2D eigenvalue weighted by molar-refractivity contribution is 5.78. The molecule has 0 spiro atoms. The molecule has 2 aliphatic heterocycles. The van der Waals surface area contributed by atoms with Gasteiger partial charge in [-0.15, -0.1) is 0 Å². The molecule has 154 valence electrons. The molecule has 1 amide bonds.